The van der Waals surface area contributed by atoms with E-state index in [1.807, 2.05) is 0 Å². The van der Waals surface area contributed by atoms with Crippen molar-refractivity contribution >= 4 is 65.3 Å². The van der Waals surface area contributed by atoms with Crippen LogP contribution in [0.1, 0.15) is 0 Å². The molecule has 0 N–H and O–H groups in total. The van der Waals surface area contributed by atoms with Gasteiger partial charge in [-0.1, -0.05) is 0 Å². The summed E-state index contributed by atoms with van der Waals surface area (Å²) in [4.78, 5) is 34.1. The molecule has 50 valence electrons. The molecular weight excluding hydrogens is 241 g/mol. The van der Waals surface area contributed by atoms with E-state index in [1.54, 1.807) is 0 Å². The van der Waals surface area contributed by atoms with Crippen molar-refractivity contribution < 1.29 is 79.5 Å². The third-order valence-electron chi connectivity index (χ3n) is 0. The van der Waals surface area contributed by atoms with Gasteiger partial charge in [0.1, 0.15) is 0 Å². The van der Waals surface area contributed by atoms with Crippen LogP contribution < -0.4 is 70.6 Å². The van der Waals surface area contributed by atoms with Gasteiger partial charge in [0.2, 0.25) is 0 Å². The molecule has 0 spiro atoms. The second-order valence-corrected chi connectivity index (χ2v) is 1.50. The standard InChI is InChI=1S/Al.K.Na.2O3Si.H/c;;;2*1-4(2)3;/q+3;+1;;2*-2;. The molecule has 0 bridgehead atoms. The third-order valence-corrected chi connectivity index (χ3v) is 0. The first-order valence-corrected chi connectivity index (χ1v) is 3.67. The van der Waals surface area contributed by atoms with E-state index in [4.69, 9.17) is 28.1 Å². The predicted octanol–water partition coefficient (Wildman–Crippen LogP) is -9.78. The van der Waals surface area contributed by atoms with Crippen molar-refractivity contribution in [2.24, 2.45) is 0 Å². The van der Waals surface area contributed by atoms with Gasteiger partial charge >= 0.3 is 98.3 Å². The number of hydrogen-bond acceptors (Lipinski definition) is 6. The second-order valence-electron chi connectivity index (χ2n) is 0.500. The fourth-order valence-corrected chi connectivity index (χ4v) is 0. The van der Waals surface area contributed by atoms with Gasteiger partial charge in [-0.05, 0) is 0 Å². The first-order chi connectivity index (χ1) is 3.46. The zero-order chi connectivity index (χ0) is 7.15. The third kappa shape index (κ3) is 233. The van der Waals surface area contributed by atoms with Crippen molar-refractivity contribution in [2.75, 3.05) is 0 Å². The average Bonchev–Trinajstić information content (AvgIpc) is 1.25. The summed E-state index contributed by atoms with van der Waals surface area (Å²) in [5.41, 5.74) is 0. The van der Waals surface area contributed by atoms with Gasteiger partial charge in [0.25, 0.3) is 0 Å². The van der Waals surface area contributed by atoms with E-state index in [0.29, 0.717) is 0 Å². The fourth-order valence-electron chi connectivity index (χ4n) is 0. The molecular formula is HAlKNaO6Si2. The van der Waals surface area contributed by atoms with Crippen molar-refractivity contribution in [3.8, 4) is 0 Å². The molecule has 0 saturated heterocycles. The maximum atomic E-state index is 8.52. The quantitative estimate of drug-likeness (QED) is 0.388. The second kappa shape index (κ2) is 22.8. The molecule has 0 fully saturated rings. The van der Waals surface area contributed by atoms with Crippen LogP contribution in [0, 0.1) is 0 Å². The molecule has 0 aliphatic heterocycles. The van der Waals surface area contributed by atoms with Crippen molar-refractivity contribution in [2.45, 2.75) is 0 Å². The van der Waals surface area contributed by atoms with Gasteiger partial charge in [-0.3, -0.25) is 0 Å². The Balaban J connectivity index is -0.0000000171. The topological polar surface area (TPSA) is 126 Å². The fraction of sp³-hybridized carbons (Fsp3) is 0. The molecule has 6 nitrogen and oxygen atoms in total. The molecule has 0 aliphatic carbocycles. The zero-order valence-corrected chi connectivity index (χ0v) is 11.3. The molecule has 0 saturated carbocycles. The predicted molar refractivity (Wildman–Crippen MR) is 25.8 cm³/mol. The van der Waals surface area contributed by atoms with E-state index < -0.39 is 18.3 Å². The molecule has 0 aliphatic rings. The molecule has 0 unspecified atom stereocenters. The molecule has 11 heteroatoms. The summed E-state index contributed by atoms with van der Waals surface area (Å²) < 4.78 is 17.0. The van der Waals surface area contributed by atoms with E-state index in [2.05, 4.69) is 0 Å². The van der Waals surface area contributed by atoms with Crippen molar-refractivity contribution in [1.29, 1.82) is 0 Å². The Bertz CT molecular complexity index is 78.6. The van der Waals surface area contributed by atoms with Crippen LogP contribution in [0.25, 0.3) is 0 Å². The van der Waals surface area contributed by atoms with Crippen molar-refractivity contribution in [3.63, 3.8) is 0 Å². The zero-order valence-electron chi connectivity index (χ0n) is 5.03. The van der Waals surface area contributed by atoms with Gasteiger partial charge in [-0.25, -0.2) is 0 Å². The summed E-state index contributed by atoms with van der Waals surface area (Å²) in [7, 11) is -7.26. The Morgan fingerprint density at radius 1 is 0.818 bits per heavy atom. The van der Waals surface area contributed by atoms with Gasteiger partial charge in [0.15, 0.2) is 0 Å². The number of hydrogen-bond donors (Lipinski definition) is 0. The van der Waals surface area contributed by atoms with Crippen LogP contribution in [0.3, 0.4) is 0 Å². The van der Waals surface area contributed by atoms with E-state index in [0.717, 1.165) is 0 Å². The monoisotopic (exact) mass is 242 g/mol. The van der Waals surface area contributed by atoms with Crippen LogP contribution in [0.15, 0.2) is 0 Å². The van der Waals surface area contributed by atoms with Gasteiger partial charge in [-0.2, -0.15) is 0 Å². The van der Waals surface area contributed by atoms with E-state index in [1.165, 1.54) is 0 Å². The van der Waals surface area contributed by atoms with Crippen molar-refractivity contribution in [1.82, 2.24) is 0 Å². The summed E-state index contributed by atoms with van der Waals surface area (Å²) in [6.07, 6.45) is 0. The van der Waals surface area contributed by atoms with Crippen LogP contribution in [0.4, 0.5) is 0 Å². The molecule has 0 amide bonds. The van der Waals surface area contributed by atoms with Crippen LogP contribution in [-0.2, 0) is 8.92 Å². The molecule has 11 heavy (non-hydrogen) atoms. The van der Waals surface area contributed by atoms with Crippen LogP contribution in [-0.4, -0.2) is 65.3 Å². The SMILES string of the molecule is O=[Si]([O-])[O-].O=[Si]([O-])[O-].[Al+3].[K+].[NaH]. The van der Waals surface area contributed by atoms with Crippen LogP contribution in [0.5, 0.6) is 0 Å². The normalized spacial score (nSPS) is 4.36. The van der Waals surface area contributed by atoms with Gasteiger partial charge < -0.3 is 28.1 Å². The summed E-state index contributed by atoms with van der Waals surface area (Å²) in [5, 5.41) is 0. The van der Waals surface area contributed by atoms with Gasteiger partial charge in [-0.15, -0.1) is 0 Å². The summed E-state index contributed by atoms with van der Waals surface area (Å²) in [6, 6.07) is 0. The van der Waals surface area contributed by atoms with E-state index in [9.17, 15) is 0 Å². The molecule has 0 atom stereocenters. The van der Waals surface area contributed by atoms with Gasteiger partial charge in [0.05, 0.1) is 0 Å². The molecule has 0 heterocycles. The first-order valence-electron chi connectivity index (χ1n) is 1.22. The Kier molecular flexibility index (Phi) is 60.6. The molecule has 0 aromatic heterocycles. The Labute approximate surface area is 142 Å². The summed E-state index contributed by atoms with van der Waals surface area (Å²) in [5.74, 6) is 0. The number of rotatable bonds is 0. The summed E-state index contributed by atoms with van der Waals surface area (Å²) >= 11 is 0. The van der Waals surface area contributed by atoms with E-state index >= 15 is 0 Å². The van der Waals surface area contributed by atoms with Crippen LogP contribution >= 0.6 is 0 Å². The molecule has 0 aromatic rings. The maximum absolute atomic E-state index is 8.52. The molecule has 0 radical (unpaired) electrons. The molecule has 0 rings (SSSR count). The Hall–Kier alpha value is 2.40. The molecule has 0 aromatic carbocycles. The van der Waals surface area contributed by atoms with Crippen LogP contribution in [0.2, 0.25) is 0 Å². The minimum absolute atomic E-state index is 0. The first kappa shape index (κ1) is 29.2. The summed E-state index contributed by atoms with van der Waals surface area (Å²) in [6.45, 7) is 0. The van der Waals surface area contributed by atoms with Crippen molar-refractivity contribution in [3.05, 3.63) is 0 Å². The Morgan fingerprint density at radius 3 is 0.818 bits per heavy atom. The van der Waals surface area contributed by atoms with Gasteiger partial charge in [0, 0.05) is 18.3 Å². The Morgan fingerprint density at radius 2 is 0.818 bits per heavy atom. The average molecular weight is 242 g/mol. The van der Waals surface area contributed by atoms with E-state index in [-0.39, 0.29) is 98.3 Å². The minimum atomic E-state index is -3.63.